The Hall–Kier alpha value is -1.89. The monoisotopic (exact) mass is 347 g/mol. The van der Waals surface area contributed by atoms with Crippen LogP contribution in [0, 0.1) is 0 Å². The zero-order chi connectivity index (χ0) is 16.7. The first-order valence-electron chi connectivity index (χ1n) is 8.40. The van der Waals surface area contributed by atoms with Gasteiger partial charge in [-0.25, -0.2) is 9.89 Å². The van der Waals surface area contributed by atoms with Crippen molar-refractivity contribution in [3.05, 3.63) is 33.7 Å². The fourth-order valence-corrected chi connectivity index (χ4v) is 4.06. The summed E-state index contributed by atoms with van der Waals surface area (Å²) in [5, 5.41) is 7.48. The summed E-state index contributed by atoms with van der Waals surface area (Å²) in [6, 6.07) is 4.48. The van der Waals surface area contributed by atoms with E-state index >= 15 is 0 Å². The highest BCUT2D eigenvalue weighted by Crippen LogP contribution is 2.39. The van der Waals surface area contributed by atoms with E-state index in [9.17, 15) is 4.79 Å². The summed E-state index contributed by atoms with van der Waals surface area (Å²) in [6.45, 7) is 4.69. The van der Waals surface area contributed by atoms with Crippen molar-refractivity contribution in [2.45, 2.75) is 56.2 Å². The van der Waals surface area contributed by atoms with E-state index in [0.717, 1.165) is 41.5 Å². The van der Waals surface area contributed by atoms with Crippen LogP contribution in [0.2, 0.25) is 0 Å². The summed E-state index contributed by atoms with van der Waals surface area (Å²) in [7, 11) is 0. The molecule has 1 fully saturated rings. The minimum atomic E-state index is -0.115. The lowest BCUT2D eigenvalue weighted by Gasteiger charge is -2.12. The number of nitrogens with zero attached hydrogens (tertiary/aromatic N) is 2. The van der Waals surface area contributed by atoms with Crippen molar-refractivity contribution in [1.29, 1.82) is 0 Å². The van der Waals surface area contributed by atoms with Crippen LogP contribution in [-0.4, -0.2) is 27.5 Å². The van der Waals surface area contributed by atoms with E-state index in [1.54, 1.807) is 16.3 Å². The maximum atomic E-state index is 11.9. The van der Waals surface area contributed by atoms with Gasteiger partial charge in [0.25, 0.3) is 0 Å². The van der Waals surface area contributed by atoms with Crippen LogP contribution in [0.25, 0.3) is 0 Å². The third-order valence-electron chi connectivity index (χ3n) is 4.32. The van der Waals surface area contributed by atoms with Crippen molar-refractivity contribution in [1.82, 2.24) is 14.8 Å². The third-order valence-corrected chi connectivity index (χ3v) is 5.32. The largest absolute Gasteiger partial charge is 0.494 e. The molecule has 0 saturated heterocycles. The molecule has 1 aliphatic carbocycles. The number of rotatable bonds is 6. The zero-order valence-corrected chi connectivity index (χ0v) is 14.7. The van der Waals surface area contributed by atoms with E-state index in [2.05, 4.69) is 29.3 Å². The number of ether oxygens (including phenoxy) is 2. The zero-order valence-electron chi connectivity index (χ0n) is 13.9. The second kappa shape index (κ2) is 6.20. The molecule has 7 heteroatoms. The van der Waals surface area contributed by atoms with Gasteiger partial charge in [-0.15, -0.1) is 5.10 Å². The van der Waals surface area contributed by atoms with Crippen LogP contribution in [0.1, 0.15) is 43.9 Å². The van der Waals surface area contributed by atoms with E-state index in [1.807, 2.05) is 6.92 Å². The molecule has 24 heavy (non-hydrogen) atoms. The van der Waals surface area contributed by atoms with Gasteiger partial charge in [-0.05, 0) is 38.8 Å². The quantitative estimate of drug-likeness (QED) is 0.814. The van der Waals surface area contributed by atoms with Gasteiger partial charge in [0, 0.05) is 29.3 Å². The second-order valence-corrected chi connectivity index (χ2v) is 7.28. The minimum absolute atomic E-state index is 0.115. The third kappa shape index (κ3) is 2.92. The molecule has 2 aliphatic rings. The van der Waals surface area contributed by atoms with Gasteiger partial charge in [0.15, 0.2) is 5.16 Å². The molecule has 4 rings (SSSR count). The Labute approximate surface area is 144 Å². The smallest absolute Gasteiger partial charge is 0.344 e. The molecule has 1 saturated carbocycles. The van der Waals surface area contributed by atoms with Crippen LogP contribution >= 0.6 is 11.8 Å². The Morgan fingerprint density at radius 1 is 1.46 bits per heavy atom. The number of H-pyrrole nitrogens is 1. The number of benzene rings is 1. The fraction of sp³-hybridized carbons (Fsp3) is 0.529. The number of hydrogen-bond acceptors (Lipinski definition) is 5. The summed E-state index contributed by atoms with van der Waals surface area (Å²) in [6.07, 6.45) is 3.25. The number of thioether (sulfide) groups is 1. The Morgan fingerprint density at radius 3 is 3.04 bits per heavy atom. The topological polar surface area (TPSA) is 69.1 Å². The molecule has 1 aromatic carbocycles. The SMILES string of the molecule is CCOc1cc2c(cc1CSc1n[nH]c(=O)n1C1CC1)O[C@H](C)C2. The van der Waals surface area contributed by atoms with E-state index in [-0.39, 0.29) is 11.8 Å². The molecule has 2 heterocycles. The Morgan fingerprint density at radius 2 is 2.29 bits per heavy atom. The second-order valence-electron chi connectivity index (χ2n) is 6.33. The molecule has 2 aromatic rings. The van der Waals surface area contributed by atoms with E-state index in [0.29, 0.717) is 18.4 Å². The lowest BCUT2D eigenvalue weighted by atomic mass is 10.1. The molecule has 128 valence electrons. The molecule has 1 aliphatic heterocycles. The highest BCUT2D eigenvalue weighted by atomic mass is 32.2. The van der Waals surface area contributed by atoms with Crippen molar-refractivity contribution in [3.8, 4) is 11.5 Å². The molecule has 0 unspecified atom stereocenters. The van der Waals surface area contributed by atoms with Gasteiger partial charge in [0.1, 0.15) is 17.6 Å². The lowest BCUT2D eigenvalue weighted by Crippen LogP contribution is -2.16. The van der Waals surface area contributed by atoms with Gasteiger partial charge in [0.2, 0.25) is 0 Å². The molecule has 6 nitrogen and oxygen atoms in total. The number of fused-ring (bicyclic) bond motifs is 1. The summed E-state index contributed by atoms with van der Waals surface area (Å²) in [4.78, 5) is 11.9. The summed E-state index contributed by atoms with van der Waals surface area (Å²) < 4.78 is 13.5. The van der Waals surface area contributed by atoms with Gasteiger partial charge < -0.3 is 9.47 Å². The van der Waals surface area contributed by atoms with E-state index < -0.39 is 0 Å². The molecule has 0 bridgehead atoms. The maximum absolute atomic E-state index is 11.9. The first kappa shape index (κ1) is 15.6. The summed E-state index contributed by atoms with van der Waals surface area (Å²) >= 11 is 1.56. The molecule has 0 radical (unpaired) electrons. The molecule has 0 amide bonds. The van der Waals surface area contributed by atoms with Crippen LogP contribution in [0.3, 0.4) is 0 Å². The molecule has 1 atom stereocenters. The highest BCUT2D eigenvalue weighted by molar-refractivity contribution is 7.98. The minimum Gasteiger partial charge on any atom is -0.494 e. The number of aromatic amines is 1. The van der Waals surface area contributed by atoms with Crippen LogP contribution < -0.4 is 15.2 Å². The fourth-order valence-electron chi connectivity index (χ4n) is 3.07. The lowest BCUT2D eigenvalue weighted by molar-refractivity contribution is 0.254. The van der Waals surface area contributed by atoms with Crippen LogP contribution in [0.15, 0.2) is 22.1 Å². The van der Waals surface area contributed by atoms with E-state index in [1.165, 1.54) is 5.56 Å². The molecular weight excluding hydrogens is 326 g/mol. The Balaban J connectivity index is 1.58. The van der Waals surface area contributed by atoms with Gasteiger partial charge in [-0.1, -0.05) is 11.8 Å². The summed E-state index contributed by atoms with van der Waals surface area (Å²) in [5.41, 5.74) is 2.16. The molecular formula is C17H21N3O3S. The average Bonchev–Trinajstić information content (AvgIpc) is 3.22. The standard InChI is InChI=1S/C17H21N3O3S/c1-3-22-14-7-11-6-10(2)23-15(11)8-12(14)9-24-17-19-18-16(21)20(17)13-4-5-13/h7-8,10,13H,3-6,9H2,1-2H3,(H,18,21)/t10-/m1/s1. The Kier molecular flexibility index (Phi) is 4.04. The number of aromatic nitrogens is 3. The van der Waals surface area contributed by atoms with Crippen LogP contribution in [0.4, 0.5) is 0 Å². The molecule has 1 aromatic heterocycles. The van der Waals surface area contributed by atoms with E-state index in [4.69, 9.17) is 9.47 Å². The first-order chi connectivity index (χ1) is 11.7. The average molecular weight is 347 g/mol. The van der Waals surface area contributed by atoms with Crippen LogP contribution in [-0.2, 0) is 12.2 Å². The number of nitrogens with one attached hydrogen (secondary N) is 1. The van der Waals surface area contributed by atoms with Gasteiger partial charge in [0.05, 0.1) is 6.61 Å². The van der Waals surface area contributed by atoms with Gasteiger partial charge >= 0.3 is 5.69 Å². The van der Waals surface area contributed by atoms with Crippen molar-refractivity contribution in [2.75, 3.05) is 6.61 Å². The van der Waals surface area contributed by atoms with Crippen molar-refractivity contribution in [3.63, 3.8) is 0 Å². The highest BCUT2D eigenvalue weighted by Gasteiger charge is 2.29. The Bertz CT molecular complexity index is 810. The molecule has 0 spiro atoms. The predicted octanol–water partition coefficient (Wildman–Crippen LogP) is 2.92. The number of hydrogen-bond donors (Lipinski definition) is 1. The van der Waals surface area contributed by atoms with Crippen LogP contribution in [0.5, 0.6) is 11.5 Å². The maximum Gasteiger partial charge on any atom is 0.344 e. The van der Waals surface area contributed by atoms with Crippen molar-refractivity contribution >= 4 is 11.8 Å². The van der Waals surface area contributed by atoms with Crippen molar-refractivity contribution < 1.29 is 9.47 Å². The first-order valence-corrected chi connectivity index (χ1v) is 9.39. The van der Waals surface area contributed by atoms with Gasteiger partial charge in [-0.3, -0.25) is 4.57 Å². The predicted molar refractivity (Wildman–Crippen MR) is 92.1 cm³/mol. The normalized spacial score (nSPS) is 19.2. The van der Waals surface area contributed by atoms with Crippen molar-refractivity contribution in [2.24, 2.45) is 0 Å². The molecule has 1 N–H and O–H groups in total. The summed E-state index contributed by atoms with van der Waals surface area (Å²) in [5.74, 6) is 2.54. The van der Waals surface area contributed by atoms with Gasteiger partial charge in [-0.2, -0.15) is 0 Å².